The first kappa shape index (κ1) is 12.7. The molecule has 2 N–H and O–H groups in total. The number of nitrogens with one attached hydrogen (secondary N) is 2. The van der Waals surface area contributed by atoms with Gasteiger partial charge in [0.2, 0.25) is 5.91 Å². The number of nitrogens with zero attached hydrogens (tertiary/aromatic N) is 1. The second-order valence-corrected chi connectivity index (χ2v) is 4.80. The van der Waals surface area contributed by atoms with Gasteiger partial charge in [-0.3, -0.25) is 4.79 Å². The molecule has 0 aliphatic heterocycles. The minimum atomic E-state index is -0.0648. The molecule has 1 aromatic rings. The lowest BCUT2D eigenvalue weighted by Gasteiger charge is -2.19. The van der Waals surface area contributed by atoms with Gasteiger partial charge in [-0.25, -0.2) is 0 Å². The third kappa shape index (κ3) is 4.93. The standard InChI is InChI=1S/C11H19N3O2/c1-8-7-9(14-16-8)13-10(15)5-6-12-11(2,3)4/h7,12H,5-6H2,1-4H3,(H,13,14,15). The molecule has 1 aromatic heterocycles. The summed E-state index contributed by atoms with van der Waals surface area (Å²) in [5.74, 6) is 1.09. The zero-order valence-electron chi connectivity index (χ0n) is 10.3. The van der Waals surface area contributed by atoms with E-state index in [1.54, 1.807) is 13.0 Å². The molecule has 16 heavy (non-hydrogen) atoms. The average molecular weight is 225 g/mol. The summed E-state index contributed by atoms with van der Waals surface area (Å²) in [4.78, 5) is 11.5. The maximum absolute atomic E-state index is 11.5. The van der Waals surface area contributed by atoms with Gasteiger partial charge >= 0.3 is 0 Å². The molecule has 0 aliphatic carbocycles. The molecule has 90 valence electrons. The van der Waals surface area contributed by atoms with Crippen LogP contribution in [0.3, 0.4) is 0 Å². The van der Waals surface area contributed by atoms with Gasteiger partial charge in [0, 0.05) is 24.6 Å². The number of aromatic nitrogens is 1. The lowest BCUT2D eigenvalue weighted by molar-refractivity contribution is -0.116. The maximum Gasteiger partial charge on any atom is 0.226 e. The van der Waals surface area contributed by atoms with E-state index in [1.807, 2.05) is 0 Å². The Balaban J connectivity index is 2.26. The molecule has 1 rings (SSSR count). The lowest BCUT2D eigenvalue weighted by atomic mass is 10.1. The van der Waals surface area contributed by atoms with Crippen molar-refractivity contribution in [3.8, 4) is 0 Å². The topological polar surface area (TPSA) is 67.2 Å². The van der Waals surface area contributed by atoms with Crippen LogP contribution in [0.25, 0.3) is 0 Å². The first-order valence-electron chi connectivity index (χ1n) is 5.35. The molecular formula is C11H19N3O2. The molecule has 0 aliphatic rings. The van der Waals surface area contributed by atoms with Crippen LogP contribution in [0, 0.1) is 6.92 Å². The van der Waals surface area contributed by atoms with Crippen molar-refractivity contribution in [3.63, 3.8) is 0 Å². The molecule has 0 bridgehead atoms. The fourth-order valence-electron chi connectivity index (χ4n) is 1.18. The van der Waals surface area contributed by atoms with E-state index in [9.17, 15) is 4.79 Å². The Morgan fingerprint density at radius 2 is 2.19 bits per heavy atom. The second-order valence-electron chi connectivity index (χ2n) is 4.80. The molecule has 1 heterocycles. The normalized spacial score (nSPS) is 11.5. The van der Waals surface area contributed by atoms with Crippen LogP contribution in [-0.4, -0.2) is 23.1 Å². The SMILES string of the molecule is Cc1cc(NC(=O)CCNC(C)(C)C)no1. The van der Waals surface area contributed by atoms with Gasteiger partial charge in [0.1, 0.15) is 5.76 Å². The van der Waals surface area contributed by atoms with Crippen LogP contribution in [-0.2, 0) is 4.79 Å². The van der Waals surface area contributed by atoms with Gasteiger partial charge in [0.25, 0.3) is 0 Å². The predicted octanol–water partition coefficient (Wildman–Crippen LogP) is 1.70. The van der Waals surface area contributed by atoms with Gasteiger partial charge in [-0.2, -0.15) is 0 Å². The van der Waals surface area contributed by atoms with E-state index in [4.69, 9.17) is 4.52 Å². The number of anilines is 1. The van der Waals surface area contributed by atoms with Crippen LogP contribution >= 0.6 is 0 Å². The minimum absolute atomic E-state index is 0.0325. The van der Waals surface area contributed by atoms with Gasteiger partial charge in [0.15, 0.2) is 5.82 Å². The van der Waals surface area contributed by atoms with Crippen molar-refractivity contribution in [2.24, 2.45) is 0 Å². The van der Waals surface area contributed by atoms with Crippen LogP contribution in [0.4, 0.5) is 5.82 Å². The Bertz CT molecular complexity index is 352. The number of carbonyl (C=O) groups is 1. The van der Waals surface area contributed by atoms with Crippen LogP contribution in [0.2, 0.25) is 0 Å². The van der Waals surface area contributed by atoms with E-state index >= 15 is 0 Å². The molecule has 0 saturated carbocycles. The summed E-state index contributed by atoms with van der Waals surface area (Å²) in [6.07, 6.45) is 0.420. The van der Waals surface area contributed by atoms with Crippen molar-refractivity contribution in [2.45, 2.75) is 39.7 Å². The Kier molecular flexibility index (Phi) is 4.06. The quantitative estimate of drug-likeness (QED) is 0.818. The molecule has 5 heteroatoms. The summed E-state index contributed by atoms with van der Waals surface area (Å²) >= 11 is 0. The Morgan fingerprint density at radius 1 is 1.50 bits per heavy atom. The Morgan fingerprint density at radius 3 is 2.69 bits per heavy atom. The van der Waals surface area contributed by atoms with Crippen molar-refractivity contribution in [1.82, 2.24) is 10.5 Å². The highest BCUT2D eigenvalue weighted by atomic mass is 16.5. The van der Waals surface area contributed by atoms with Gasteiger partial charge in [-0.1, -0.05) is 5.16 Å². The van der Waals surface area contributed by atoms with Crippen molar-refractivity contribution < 1.29 is 9.32 Å². The highest BCUT2D eigenvalue weighted by molar-refractivity contribution is 5.89. The highest BCUT2D eigenvalue weighted by Gasteiger charge is 2.10. The molecule has 1 amide bonds. The van der Waals surface area contributed by atoms with E-state index in [0.717, 1.165) is 0 Å². The molecule has 0 aromatic carbocycles. The molecule has 0 atom stereocenters. The Hall–Kier alpha value is -1.36. The third-order valence-corrected chi connectivity index (χ3v) is 1.90. The molecule has 5 nitrogen and oxygen atoms in total. The Labute approximate surface area is 95.6 Å². The summed E-state index contributed by atoms with van der Waals surface area (Å²) in [6.45, 7) is 8.61. The molecule has 0 fully saturated rings. The van der Waals surface area contributed by atoms with Gasteiger partial charge < -0.3 is 15.2 Å². The summed E-state index contributed by atoms with van der Waals surface area (Å²) < 4.78 is 4.84. The van der Waals surface area contributed by atoms with Crippen LogP contribution < -0.4 is 10.6 Å². The van der Waals surface area contributed by atoms with Crippen LogP contribution in [0.15, 0.2) is 10.6 Å². The van der Waals surface area contributed by atoms with Crippen molar-refractivity contribution in [2.75, 3.05) is 11.9 Å². The summed E-state index contributed by atoms with van der Waals surface area (Å²) in [6, 6.07) is 1.69. The van der Waals surface area contributed by atoms with E-state index in [1.165, 1.54) is 0 Å². The highest BCUT2D eigenvalue weighted by Crippen LogP contribution is 2.07. The predicted molar refractivity (Wildman–Crippen MR) is 62.2 cm³/mol. The zero-order chi connectivity index (χ0) is 12.2. The van der Waals surface area contributed by atoms with E-state index < -0.39 is 0 Å². The van der Waals surface area contributed by atoms with Gasteiger partial charge in [-0.05, 0) is 27.7 Å². The summed E-state index contributed by atoms with van der Waals surface area (Å²) in [7, 11) is 0. The molecule has 0 spiro atoms. The molecular weight excluding hydrogens is 206 g/mol. The van der Waals surface area contributed by atoms with E-state index in [2.05, 4.69) is 36.6 Å². The maximum atomic E-state index is 11.5. The zero-order valence-corrected chi connectivity index (χ0v) is 10.3. The van der Waals surface area contributed by atoms with E-state index in [0.29, 0.717) is 24.5 Å². The largest absolute Gasteiger partial charge is 0.360 e. The van der Waals surface area contributed by atoms with Crippen LogP contribution in [0.1, 0.15) is 33.0 Å². The molecule has 0 saturated heterocycles. The second kappa shape index (κ2) is 5.12. The van der Waals surface area contributed by atoms with Crippen molar-refractivity contribution >= 4 is 11.7 Å². The van der Waals surface area contributed by atoms with Gasteiger partial charge in [0.05, 0.1) is 0 Å². The number of carbonyl (C=O) groups excluding carboxylic acids is 1. The molecule has 0 radical (unpaired) electrons. The van der Waals surface area contributed by atoms with Crippen LogP contribution in [0.5, 0.6) is 0 Å². The number of hydrogen-bond donors (Lipinski definition) is 2. The first-order valence-corrected chi connectivity index (χ1v) is 5.35. The summed E-state index contributed by atoms with van der Waals surface area (Å²) in [5, 5.41) is 9.59. The fraction of sp³-hybridized carbons (Fsp3) is 0.636. The number of rotatable bonds is 4. The smallest absolute Gasteiger partial charge is 0.226 e. The molecule has 0 unspecified atom stereocenters. The van der Waals surface area contributed by atoms with Gasteiger partial charge in [-0.15, -0.1) is 0 Å². The van der Waals surface area contributed by atoms with Crippen molar-refractivity contribution in [1.29, 1.82) is 0 Å². The number of amides is 1. The lowest BCUT2D eigenvalue weighted by Crippen LogP contribution is -2.37. The van der Waals surface area contributed by atoms with Crippen molar-refractivity contribution in [3.05, 3.63) is 11.8 Å². The first-order chi connectivity index (χ1) is 7.37. The fourth-order valence-corrected chi connectivity index (χ4v) is 1.18. The average Bonchev–Trinajstić information content (AvgIpc) is 2.48. The third-order valence-electron chi connectivity index (χ3n) is 1.90. The number of hydrogen-bond acceptors (Lipinski definition) is 4. The van der Waals surface area contributed by atoms with E-state index in [-0.39, 0.29) is 11.4 Å². The minimum Gasteiger partial charge on any atom is -0.360 e. The monoisotopic (exact) mass is 225 g/mol. The summed E-state index contributed by atoms with van der Waals surface area (Å²) in [5.41, 5.74) is 0.0325. The number of aryl methyl sites for hydroxylation is 1.